The van der Waals surface area contributed by atoms with Gasteiger partial charge < -0.3 is 20.5 Å². The third-order valence-corrected chi connectivity index (χ3v) is 4.19. The van der Waals surface area contributed by atoms with Gasteiger partial charge in [-0.25, -0.2) is 4.79 Å². The number of hydrogen-bond donors (Lipinski definition) is 3. The van der Waals surface area contributed by atoms with Gasteiger partial charge in [-0.1, -0.05) is 6.07 Å². The van der Waals surface area contributed by atoms with Crippen LogP contribution in [-0.2, 0) is 18.0 Å². The van der Waals surface area contributed by atoms with Gasteiger partial charge in [0.2, 0.25) is 0 Å². The Bertz CT molecular complexity index is 528. The second kappa shape index (κ2) is 5.07. The quantitative estimate of drug-likeness (QED) is 0.787. The minimum Gasteiger partial charge on any atom is -0.394 e. The molecule has 1 saturated carbocycles. The van der Waals surface area contributed by atoms with Gasteiger partial charge in [-0.05, 0) is 48.9 Å². The number of nitrogens with one attached hydrogen (secondary N) is 2. The predicted molar refractivity (Wildman–Crippen MR) is 75.3 cm³/mol. The molecule has 1 unspecified atom stereocenters. The second-order valence-electron chi connectivity index (χ2n) is 5.91. The van der Waals surface area contributed by atoms with Gasteiger partial charge in [0, 0.05) is 5.69 Å². The van der Waals surface area contributed by atoms with Crippen molar-refractivity contribution in [1.82, 2.24) is 5.32 Å². The lowest BCUT2D eigenvalue weighted by atomic mass is 9.97. The Kier molecular flexibility index (Phi) is 3.40. The van der Waals surface area contributed by atoms with E-state index in [4.69, 9.17) is 4.74 Å². The minimum atomic E-state index is -0.524. The average molecular weight is 276 g/mol. The number of urea groups is 1. The molecule has 1 aliphatic heterocycles. The van der Waals surface area contributed by atoms with E-state index in [-0.39, 0.29) is 12.6 Å². The molecule has 1 fully saturated rings. The standard InChI is InChI=1S/C15H20N2O3/c1-15(9-18,12-3-4-12)17-14(19)16-13-5-2-10-7-20-8-11(10)6-13/h2,5-6,12,18H,3-4,7-9H2,1H3,(H2,16,17,19). The van der Waals surface area contributed by atoms with Gasteiger partial charge in [0.1, 0.15) is 0 Å². The monoisotopic (exact) mass is 276 g/mol. The third kappa shape index (κ3) is 2.64. The van der Waals surface area contributed by atoms with Gasteiger partial charge >= 0.3 is 6.03 Å². The summed E-state index contributed by atoms with van der Waals surface area (Å²) >= 11 is 0. The Morgan fingerprint density at radius 1 is 1.40 bits per heavy atom. The minimum absolute atomic E-state index is 0.0386. The summed E-state index contributed by atoms with van der Waals surface area (Å²) in [6.07, 6.45) is 2.13. The van der Waals surface area contributed by atoms with E-state index in [1.807, 2.05) is 25.1 Å². The second-order valence-corrected chi connectivity index (χ2v) is 5.91. The first-order chi connectivity index (χ1) is 9.60. The number of rotatable bonds is 4. The summed E-state index contributed by atoms with van der Waals surface area (Å²) in [5, 5.41) is 15.2. The van der Waals surface area contributed by atoms with E-state index < -0.39 is 5.54 Å². The fraction of sp³-hybridized carbons (Fsp3) is 0.533. The van der Waals surface area contributed by atoms with Crippen LogP contribution in [-0.4, -0.2) is 23.3 Å². The molecule has 108 valence electrons. The summed E-state index contributed by atoms with van der Waals surface area (Å²) < 4.78 is 5.35. The average Bonchev–Trinajstić information content (AvgIpc) is 3.18. The number of anilines is 1. The number of hydrogen-bond acceptors (Lipinski definition) is 3. The van der Waals surface area contributed by atoms with Crippen LogP contribution in [0.15, 0.2) is 18.2 Å². The van der Waals surface area contributed by atoms with Crippen LogP contribution in [0, 0.1) is 5.92 Å². The lowest BCUT2D eigenvalue weighted by molar-refractivity contribution is 0.134. The Balaban J connectivity index is 1.64. The van der Waals surface area contributed by atoms with Crippen molar-refractivity contribution in [3.8, 4) is 0 Å². The van der Waals surface area contributed by atoms with Crippen LogP contribution in [0.4, 0.5) is 10.5 Å². The van der Waals surface area contributed by atoms with Crippen LogP contribution in [0.25, 0.3) is 0 Å². The molecule has 0 bridgehead atoms. The Hall–Kier alpha value is -1.59. The van der Waals surface area contributed by atoms with Gasteiger partial charge in [0.15, 0.2) is 0 Å². The summed E-state index contributed by atoms with van der Waals surface area (Å²) in [4.78, 5) is 12.1. The highest BCUT2D eigenvalue weighted by Crippen LogP contribution is 2.39. The number of fused-ring (bicyclic) bond motifs is 1. The van der Waals surface area contributed by atoms with Crippen LogP contribution in [0.5, 0.6) is 0 Å². The van der Waals surface area contributed by atoms with Gasteiger partial charge in [-0.2, -0.15) is 0 Å². The highest BCUT2D eigenvalue weighted by Gasteiger charge is 2.42. The van der Waals surface area contributed by atoms with Crippen molar-refractivity contribution in [2.24, 2.45) is 5.92 Å². The number of benzene rings is 1. The number of carbonyl (C=O) groups is 1. The van der Waals surface area contributed by atoms with Crippen molar-refractivity contribution in [2.75, 3.05) is 11.9 Å². The molecule has 1 aromatic carbocycles. The number of ether oxygens (including phenoxy) is 1. The summed E-state index contributed by atoms with van der Waals surface area (Å²) in [6.45, 7) is 3.10. The Morgan fingerprint density at radius 2 is 2.15 bits per heavy atom. The SMILES string of the molecule is CC(CO)(NC(=O)Nc1ccc2c(c1)COC2)C1CC1. The molecule has 3 N–H and O–H groups in total. The van der Waals surface area contributed by atoms with Gasteiger partial charge in [-0.3, -0.25) is 0 Å². The molecule has 0 aromatic heterocycles. The molecule has 0 saturated heterocycles. The normalized spacial score (nSPS) is 20.1. The predicted octanol–water partition coefficient (Wildman–Crippen LogP) is 2.00. The molecule has 5 heteroatoms. The lowest BCUT2D eigenvalue weighted by Gasteiger charge is -2.28. The zero-order valence-corrected chi connectivity index (χ0v) is 11.6. The van der Waals surface area contributed by atoms with Crippen LogP contribution in [0.2, 0.25) is 0 Å². The Labute approximate surface area is 118 Å². The Morgan fingerprint density at radius 3 is 2.85 bits per heavy atom. The lowest BCUT2D eigenvalue weighted by Crippen LogP contribution is -2.52. The molecular weight excluding hydrogens is 256 g/mol. The highest BCUT2D eigenvalue weighted by molar-refractivity contribution is 5.90. The first kappa shape index (κ1) is 13.4. The van der Waals surface area contributed by atoms with Crippen LogP contribution in [0.1, 0.15) is 30.9 Å². The van der Waals surface area contributed by atoms with Crippen molar-refractivity contribution in [2.45, 2.75) is 38.5 Å². The van der Waals surface area contributed by atoms with Crippen molar-refractivity contribution in [3.05, 3.63) is 29.3 Å². The van der Waals surface area contributed by atoms with Gasteiger partial charge in [0.05, 0.1) is 25.4 Å². The molecule has 0 radical (unpaired) electrons. The van der Waals surface area contributed by atoms with E-state index in [9.17, 15) is 9.90 Å². The molecular formula is C15H20N2O3. The van der Waals surface area contributed by atoms with E-state index in [1.54, 1.807) is 0 Å². The van der Waals surface area contributed by atoms with Crippen molar-refractivity contribution in [3.63, 3.8) is 0 Å². The summed E-state index contributed by atoms with van der Waals surface area (Å²) in [5.74, 6) is 0.381. The zero-order valence-electron chi connectivity index (χ0n) is 11.6. The van der Waals surface area contributed by atoms with Gasteiger partial charge in [0.25, 0.3) is 0 Å². The van der Waals surface area contributed by atoms with E-state index in [2.05, 4.69) is 10.6 Å². The molecule has 20 heavy (non-hydrogen) atoms. The smallest absolute Gasteiger partial charge is 0.319 e. The van der Waals surface area contributed by atoms with E-state index in [1.165, 1.54) is 5.56 Å². The fourth-order valence-corrected chi connectivity index (χ4v) is 2.66. The van der Waals surface area contributed by atoms with Crippen LogP contribution < -0.4 is 10.6 Å². The topological polar surface area (TPSA) is 70.6 Å². The maximum atomic E-state index is 12.1. The largest absolute Gasteiger partial charge is 0.394 e. The molecule has 2 amide bonds. The maximum absolute atomic E-state index is 12.1. The first-order valence-electron chi connectivity index (χ1n) is 7.00. The van der Waals surface area contributed by atoms with E-state index in [0.29, 0.717) is 19.1 Å². The maximum Gasteiger partial charge on any atom is 0.319 e. The third-order valence-electron chi connectivity index (χ3n) is 4.19. The molecule has 3 rings (SSSR count). The molecule has 5 nitrogen and oxygen atoms in total. The van der Waals surface area contributed by atoms with Crippen LogP contribution >= 0.6 is 0 Å². The van der Waals surface area contributed by atoms with E-state index in [0.717, 1.165) is 24.1 Å². The highest BCUT2D eigenvalue weighted by atomic mass is 16.5. The summed E-state index contributed by atoms with van der Waals surface area (Å²) in [5.41, 5.74) is 2.52. The summed E-state index contributed by atoms with van der Waals surface area (Å²) in [6, 6.07) is 5.52. The number of amides is 2. The summed E-state index contributed by atoms with van der Waals surface area (Å²) in [7, 11) is 0. The van der Waals surface area contributed by atoms with Crippen molar-refractivity contribution < 1.29 is 14.6 Å². The number of aliphatic hydroxyl groups excluding tert-OH is 1. The van der Waals surface area contributed by atoms with E-state index >= 15 is 0 Å². The molecule has 1 atom stereocenters. The van der Waals surface area contributed by atoms with Crippen molar-refractivity contribution in [1.29, 1.82) is 0 Å². The molecule has 1 aliphatic carbocycles. The molecule has 0 spiro atoms. The molecule has 1 aromatic rings. The number of carbonyl (C=O) groups excluding carboxylic acids is 1. The van der Waals surface area contributed by atoms with Crippen LogP contribution in [0.3, 0.4) is 0 Å². The first-order valence-corrected chi connectivity index (χ1v) is 7.00. The van der Waals surface area contributed by atoms with Crippen molar-refractivity contribution >= 4 is 11.7 Å². The van der Waals surface area contributed by atoms with Gasteiger partial charge in [-0.15, -0.1) is 0 Å². The zero-order chi connectivity index (χ0) is 14.2. The molecule has 2 aliphatic rings. The molecule has 1 heterocycles. The fourth-order valence-electron chi connectivity index (χ4n) is 2.66. The number of aliphatic hydroxyl groups is 1.